The smallest absolute Gasteiger partial charge is 0.226 e. The molecule has 0 radical (unpaired) electrons. The molecule has 1 aliphatic heterocycles. The molecule has 2 heterocycles. The van der Waals surface area contributed by atoms with Gasteiger partial charge in [0, 0.05) is 39.8 Å². The van der Waals surface area contributed by atoms with Gasteiger partial charge in [-0.25, -0.2) is 0 Å². The molecule has 116 valence electrons. The van der Waals surface area contributed by atoms with Crippen LogP contribution in [0.3, 0.4) is 0 Å². The van der Waals surface area contributed by atoms with E-state index in [2.05, 4.69) is 63.5 Å². The summed E-state index contributed by atoms with van der Waals surface area (Å²) in [5.41, 5.74) is 1.27. The van der Waals surface area contributed by atoms with Crippen molar-refractivity contribution < 1.29 is 4.79 Å². The second-order valence-corrected chi connectivity index (χ2v) is 7.96. The van der Waals surface area contributed by atoms with Crippen LogP contribution in [0.2, 0.25) is 0 Å². The number of rotatable bonds is 4. The van der Waals surface area contributed by atoms with Crippen LogP contribution in [0.4, 0.5) is 0 Å². The summed E-state index contributed by atoms with van der Waals surface area (Å²) >= 11 is 11.1. The normalized spacial score (nSPS) is 23.6. The fourth-order valence-electron chi connectivity index (χ4n) is 3.13. The maximum atomic E-state index is 11.9. The van der Waals surface area contributed by atoms with Crippen LogP contribution in [0, 0.1) is 5.92 Å². The van der Waals surface area contributed by atoms with Crippen molar-refractivity contribution in [3.8, 4) is 0 Å². The minimum atomic E-state index is -0.225. The van der Waals surface area contributed by atoms with Gasteiger partial charge in [-0.3, -0.25) is 9.69 Å². The lowest BCUT2D eigenvalue weighted by Crippen LogP contribution is -2.25. The van der Waals surface area contributed by atoms with E-state index < -0.39 is 0 Å². The van der Waals surface area contributed by atoms with Crippen LogP contribution in [-0.4, -0.2) is 23.2 Å². The van der Waals surface area contributed by atoms with Gasteiger partial charge in [-0.15, -0.1) is 11.3 Å². The summed E-state index contributed by atoms with van der Waals surface area (Å²) in [7, 11) is 0. The van der Waals surface area contributed by atoms with Crippen LogP contribution >= 0.6 is 38.9 Å². The Morgan fingerprint density at radius 3 is 2.68 bits per heavy atom. The average Bonchev–Trinajstić information content (AvgIpc) is 3.13. The molecule has 1 saturated heterocycles. The summed E-state index contributed by atoms with van der Waals surface area (Å²) < 4.78 is 1.07. The SMILES string of the molecule is CC(c1ccccc1)N1CC(C(=O)Cl)C(c2cc(Br)cs2)C1. The fraction of sp³-hybridized carbons (Fsp3) is 0.353. The van der Waals surface area contributed by atoms with E-state index in [4.69, 9.17) is 11.6 Å². The van der Waals surface area contributed by atoms with Crippen LogP contribution in [0.15, 0.2) is 46.3 Å². The highest BCUT2D eigenvalue weighted by Crippen LogP contribution is 2.41. The molecule has 1 aromatic heterocycles. The number of likely N-dealkylation sites (tertiary alicyclic amines) is 1. The third kappa shape index (κ3) is 3.30. The van der Waals surface area contributed by atoms with Crippen molar-refractivity contribution in [1.82, 2.24) is 4.90 Å². The van der Waals surface area contributed by atoms with Gasteiger partial charge in [-0.1, -0.05) is 30.3 Å². The van der Waals surface area contributed by atoms with Gasteiger partial charge in [0.15, 0.2) is 0 Å². The monoisotopic (exact) mass is 397 g/mol. The molecule has 0 spiro atoms. The molecule has 22 heavy (non-hydrogen) atoms. The fourth-order valence-corrected chi connectivity index (χ4v) is 4.96. The highest BCUT2D eigenvalue weighted by Gasteiger charge is 2.40. The van der Waals surface area contributed by atoms with Crippen molar-refractivity contribution in [3.05, 3.63) is 56.7 Å². The summed E-state index contributed by atoms with van der Waals surface area (Å²) in [4.78, 5) is 15.5. The first kappa shape index (κ1) is 16.2. The van der Waals surface area contributed by atoms with Crippen LogP contribution in [0.1, 0.15) is 29.3 Å². The van der Waals surface area contributed by atoms with Gasteiger partial charge in [0.1, 0.15) is 0 Å². The summed E-state index contributed by atoms with van der Waals surface area (Å²) in [6.07, 6.45) is 0. The maximum absolute atomic E-state index is 11.9. The second-order valence-electron chi connectivity index (χ2n) is 5.72. The zero-order valence-electron chi connectivity index (χ0n) is 12.2. The van der Waals surface area contributed by atoms with Crippen molar-refractivity contribution >= 4 is 44.1 Å². The second kappa shape index (κ2) is 6.83. The summed E-state index contributed by atoms with van der Waals surface area (Å²) in [5.74, 6) is 0.0610. The predicted octanol–water partition coefficient (Wildman–Crippen LogP) is 5.05. The summed E-state index contributed by atoms with van der Waals surface area (Å²) in [5, 5.41) is 1.84. The largest absolute Gasteiger partial charge is 0.295 e. The Kier molecular flexibility index (Phi) is 5.03. The van der Waals surface area contributed by atoms with Gasteiger partial charge in [-0.05, 0) is 46.1 Å². The van der Waals surface area contributed by atoms with Crippen molar-refractivity contribution in [1.29, 1.82) is 0 Å². The van der Waals surface area contributed by atoms with E-state index >= 15 is 0 Å². The number of benzene rings is 1. The molecule has 5 heteroatoms. The molecule has 1 aromatic carbocycles. The molecular weight excluding hydrogens is 382 g/mol. The molecule has 1 fully saturated rings. The Labute approximate surface area is 148 Å². The van der Waals surface area contributed by atoms with Crippen molar-refractivity contribution in [2.24, 2.45) is 5.92 Å². The highest BCUT2D eigenvalue weighted by atomic mass is 79.9. The van der Waals surface area contributed by atoms with Gasteiger partial charge >= 0.3 is 0 Å². The molecule has 3 atom stereocenters. The van der Waals surface area contributed by atoms with Crippen LogP contribution in [-0.2, 0) is 4.79 Å². The number of nitrogens with zero attached hydrogens (tertiary/aromatic N) is 1. The van der Waals surface area contributed by atoms with Crippen LogP contribution in [0.5, 0.6) is 0 Å². The first-order chi connectivity index (χ1) is 10.6. The zero-order chi connectivity index (χ0) is 15.7. The molecule has 2 nitrogen and oxygen atoms in total. The number of hydrogen-bond acceptors (Lipinski definition) is 3. The molecule has 3 rings (SSSR count). The standard InChI is InChI=1S/C17H17BrClNOS/c1-11(12-5-3-2-4-6-12)20-8-14(15(9-20)17(19)21)16-7-13(18)10-22-16/h2-7,10-11,14-15H,8-9H2,1H3. The van der Waals surface area contributed by atoms with E-state index in [-0.39, 0.29) is 23.1 Å². The molecule has 0 amide bonds. The lowest BCUT2D eigenvalue weighted by atomic mass is 9.96. The predicted molar refractivity (Wildman–Crippen MR) is 95.5 cm³/mol. The Morgan fingerprint density at radius 1 is 1.36 bits per heavy atom. The number of thiophene rings is 1. The van der Waals surface area contributed by atoms with Gasteiger partial charge < -0.3 is 0 Å². The van der Waals surface area contributed by atoms with Crippen molar-refractivity contribution in [2.45, 2.75) is 18.9 Å². The van der Waals surface area contributed by atoms with E-state index in [1.165, 1.54) is 10.4 Å². The number of carbonyl (C=O) groups is 1. The third-order valence-corrected chi connectivity index (χ3v) is 6.53. The zero-order valence-corrected chi connectivity index (χ0v) is 15.4. The van der Waals surface area contributed by atoms with Crippen molar-refractivity contribution in [3.63, 3.8) is 0 Å². The Bertz CT molecular complexity index is 660. The molecule has 0 N–H and O–H groups in total. The van der Waals surface area contributed by atoms with E-state index in [1.54, 1.807) is 11.3 Å². The first-order valence-electron chi connectivity index (χ1n) is 7.28. The van der Waals surface area contributed by atoms with Gasteiger partial charge in [0.25, 0.3) is 0 Å². The Balaban J connectivity index is 1.83. The number of carbonyl (C=O) groups excluding carboxylic acids is 1. The lowest BCUT2D eigenvalue weighted by Gasteiger charge is -2.24. The van der Waals surface area contributed by atoms with E-state index in [0.29, 0.717) is 0 Å². The number of halogens is 2. The van der Waals surface area contributed by atoms with Crippen LogP contribution in [0.25, 0.3) is 0 Å². The summed E-state index contributed by atoms with van der Waals surface area (Å²) in [6.45, 7) is 3.78. The van der Waals surface area contributed by atoms with Gasteiger partial charge in [-0.2, -0.15) is 0 Å². The molecule has 0 aliphatic carbocycles. The molecule has 1 aliphatic rings. The quantitative estimate of drug-likeness (QED) is 0.671. The van der Waals surface area contributed by atoms with E-state index in [1.807, 2.05) is 6.07 Å². The Morgan fingerprint density at radius 2 is 2.09 bits per heavy atom. The maximum Gasteiger partial charge on any atom is 0.226 e. The molecular formula is C17H17BrClNOS. The molecule has 0 bridgehead atoms. The minimum absolute atomic E-state index is 0.127. The topological polar surface area (TPSA) is 20.3 Å². The van der Waals surface area contributed by atoms with Gasteiger partial charge in [0.2, 0.25) is 5.24 Å². The van der Waals surface area contributed by atoms with Crippen molar-refractivity contribution in [2.75, 3.05) is 13.1 Å². The highest BCUT2D eigenvalue weighted by molar-refractivity contribution is 9.10. The van der Waals surface area contributed by atoms with E-state index in [0.717, 1.165) is 17.6 Å². The Hall–Kier alpha value is -0.680. The van der Waals surface area contributed by atoms with Crippen LogP contribution < -0.4 is 0 Å². The molecule has 3 unspecified atom stereocenters. The first-order valence-corrected chi connectivity index (χ1v) is 9.33. The molecule has 2 aromatic rings. The van der Waals surface area contributed by atoms with Gasteiger partial charge in [0.05, 0.1) is 5.92 Å². The third-order valence-electron chi connectivity index (χ3n) is 4.42. The average molecular weight is 399 g/mol. The summed E-state index contributed by atoms with van der Waals surface area (Å²) in [6, 6.07) is 12.8. The molecule has 0 saturated carbocycles. The lowest BCUT2D eigenvalue weighted by molar-refractivity contribution is -0.115. The van der Waals surface area contributed by atoms with E-state index in [9.17, 15) is 4.79 Å². The number of hydrogen-bond donors (Lipinski definition) is 0. The minimum Gasteiger partial charge on any atom is -0.295 e.